The molecule has 0 saturated heterocycles. The molecule has 0 aliphatic rings. The molecule has 1 aromatic carbocycles. The summed E-state index contributed by atoms with van der Waals surface area (Å²) in [6.07, 6.45) is 5.93. The number of nitrogens with one attached hydrogen (secondary N) is 3. The van der Waals surface area contributed by atoms with E-state index in [0.717, 1.165) is 11.3 Å². The zero-order valence-corrected chi connectivity index (χ0v) is 18.1. The third-order valence-electron chi connectivity index (χ3n) is 5.81. The first-order valence-electron chi connectivity index (χ1n) is 10.6. The van der Waals surface area contributed by atoms with E-state index < -0.39 is 34.4 Å². The van der Waals surface area contributed by atoms with Crippen LogP contribution in [0.5, 0.6) is 0 Å². The number of nitrogens with zero attached hydrogens (tertiary/aromatic N) is 4. The van der Waals surface area contributed by atoms with E-state index in [2.05, 4.69) is 30.1 Å². The van der Waals surface area contributed by atoms with Gasteiger partial charge in [0.05, 0.1) is 23.3 Å². The number of carbonyl (C=O) groups is 1. The summed E-state index contributed by atoms with van der Waals surface area (Å²) in [5.41, 5.74) is 1.33. The average molecular weight is 489 g/mol. The number of carbonyl (C=O) groups excluding carboxylic acids is 1. The zero-order valence-electron chi connectivity index (χ0n) is 18.1. The van der Waals surface area contributed by atoms with Gasteiger partial charge in [-0.1, -0.05) is 0 Å². The lowest BCUT2D eigenvalue weighted by molar-refractivity contribution is 0.103. The first kappa shape index (κ1) is 21.5. The van der Waals surface area contributed by atoms with Crippen molar-refractivity contribution in [3.8, 4) is 11.3 Å². The first-order chi connectivity index (χ1) is 17.4. The van der Waals surface area contributed by atoms with Crippen molar-refractivity contribution in [3.05, 3.63) is 99.9 Å². The first-order valence-corrected chi connectivity index (χ1v) is 10.6. The third kappa shape index (κ3) is 3.47. The molecule has 6 aromatic rings. The van der Waals surface area contributed by atoms with E-state index in [1.807, 2.05) is 12.1 Å². The van der Waals surface area contributed by atoms with Crippen LogP contribution in [0.2, 0.25) is 0 Å². The van der Waals surface area contributed by atoms with Crippen LogP contribution in [0, 0.1) is 17.5 Å². The van der Waals surface area contributed by atoms with Crippen LogP contribution in [0.3, 0.4) is 0 Å². The van der Waals surface area contributed by atoms with Gasteiger partial charge in [-0.3, -0.25) is 14.7 Å². The van der Waals surface area contributed by atoms with E-state index in [-0.39, 0.29) is 23.0 Å². The summed E-state index contributed by atoms with van der Waals surface area (Å²) in [4.78, 5) is 40.5. The predicted molar refractivity (Wildman–Crippen MR) is 123 cm³/mol. The van der Waals surface area contributed by atoms with Crippen molar-refractivity contribution in [2.45, 2.75) is 6.54 Å². The minimum Gasteiger partial charge on any atom is -0.356 e. The summed E-state index contributed by atoms with van der Waals surface area (Å²) in [7, 11) is 0. The Morgan fingerprint density at radius 3 is 2.64 bits per heavy atom. The number of imidazole rings is 1. The number of aromatic amines is 3. The Kier molecular flexibility index (Phi) is 4.81. The van der Waals surface area contributed by atoms with E-state index in [4.69, 9.17) is 0 Å². The summed E-state index contributed by atoms with van der Waals surface area (Å²) in [5.74, 6) is -4.32. The van der Waals surface area contributed by atoms with Gasteiger partial charge in [0.1, 0.15) is 28.8 Å². The third-order valence-corrected chi connectivity index (χ3v) is 5.81. The Labute approximate surface area is 198 Å². The van der Waals surface area contributed by atoms with Gasteiger partial charge in [-0.15, -0.1) is 0 Å². The average Bonchev–Trinajstić information content (AvgIpc) is 3.59. The van der Waals surface area contributed by atoms with Gasteiger partial charge in [0.15, 0.2) is 5.65 Å². The maximum absolute atomic E-state index is 14.1. The maximum atomic E-state index is 14.1. The van der Waals surface area contributed by atoms with Crippen LogP contribution in [0.1, 0.15) is 21.7 Å². The van der Waals surface area contributed by atoms with Gasteiger partial charge in [0, 0.05) is 53.4 Å². The SMILES string of the molecule is O=C(c1c(F)cc(F)cc1F)c1c[nH]c2c(=O)n(Cc3nc4ncc(-c5ccn[nH]5)cc4[nH]3)ccc12. The van der Waals surface area contributed by atoms with Crippen molar-refractivity contribution in [1.29, 1.82) is 0 Å². The molecule has 3 N–H and O–H groups in total. The van der Waals surface area contributed by atoms with Crippen LogP contribution in [-0.4, -0.2) is 40.5 Å². The molecular weight excluding hydrogens is 475 g/mol. The highest BCUT2D eigenvalue weighted by Gasteiger charge is 2.24. The molecule has 0 spiro atoms. The predicted octanol–water partition coefficient (Wildman–Crippen LogP) is 3.69. The molecular formula is C24H14F3N7O2. The van der Waals surface area contributed by atoms with Crippen molar-refractivity contribution >= 4 is 27.9 Å². The fraction of sp³-hybridized carbons (Fsp3) is 0.0417. The second kappa shape index (κ2) is 8.05. The number of halogens is 3. The summed E-state index contributed by atoms with van der Waals surface area (Å²) in [6.45, 7) is 0.0774. The number of ketones is 1. The van der Waals surface area contributed by atoms with E-state index in [9.17, 15) is 22.8 Å². The quantitative estimate of drug-likeness (QED) is 0.319. The van der Waals surface area contributed by atoms with Gasteiger partial charge in [-0.25, -0.2) is 23.1 Å². The molecule has 0 aliphatic carbocycles. The monoisotopic (exact) mass is 489 g/mol. The zero-order chi connectivity index (χ0) is 25.0. The van der Waals surface area contributed by atoms with Gasteiger partial charge in [0.2, 0.25) is 5.78 Å². The molecule has 5 heterocycles. The summed E-state index contributed by atoms with van der Waals surface area (Å²) in [5, 5.41) is 6.97. The van der Waals surface area contributed by atoms with Crippen LogP contribution < -0.4 is 5.56 Å². The molecule has 36 heavy (non-hydrogen) atoms. The summed E-state index contributed by atoms with van der Waals surface area (Å²) >= 11 is 0. The lowest BCUT2D eigenvalue weighted by Gasteiger charge is -2.05. The van der Waals surface area contributed by atoms with Gasteiger partial charge in [-0.2, -0.15) is 5.10 Å². The number of pyridine rings is 2. The molecule has 0 aliphatic heterocycles. The standard InChI is InChI=1S/C24H14F3N7O2/c25-12-6-15(26)20(16(27)7-12)22(35)14-9-28-21-13(14)2-4-34(24(21)36)10-19-31-18-5-11(8-29-23(18)32-19)17-1-3-30-33-17/h1-9,28H,10H2,(H,30,33)(H,29,31,32). The van der Waals surface area contributed by atoms with Gasteiger partial charge < -0.3 is 14.5 Å². The van der Waals surface area contributed by atoms with E-state index in [1.165, 1.54) is 23.0 Å². The highest BCUT2D eigenvalue weighted by atomic mass is 19.1. The van der Waals surface area contributed by atoms with Crippen LogP contribution in [-0.2, 0) is 6.54 Å². The van der Waals surface area contributed by atoms with E-state index >= 15 is 0 Å². The minimum absolute atomic E-state index is 0.0690. The molecule has 0 radical (unpaired) electrons. The second-order valence-electron chi connectivity index (χ2n) is 8.06. The molecule has 5 aromatic heterocycles. The number of rotatable bonds is 5. The number of H-pyrrole nitrogens is 3. The molecule has 0 unspecified atom stereocenters. The van der Waals surface area contributed by atoms with Crippen LogP contribution in [0.4, 0.5) is 13.2 Å². The molecule has 0 fully saturated rings. The van der Waals surface area contributed by atoms with Gasteiger partial charge in [-0.05, 0) is 18.2 Å². The Morgan fingerprint density at radius 2 is 1.89 bits per heavy atom. The van der Waals surface area contributed by atoms with Crippen molar-refractivity contribution in [1.82, 2.24) is 34.7 Å². The van der Waals surface area contributed by atoms with Crippen molar-refractivity contribution in [3.63, 3.8) is 0 Å². The van der Waals surface area contributed by atoms with Crippen LogP contribution in [0.15, 0.2) is 59.9 Å². The summed E-state index contributed by atoms with van der Waals surface area (Å²) in [6, 6.07) is 6.01. The van der Waals surface area contributed by atoms with Crippen molar-refractivity contribution in [2.24, 2.45) is 0 Å². The number of hydrogen-bond donors (Lipinski definition) is 3. The summed E-state index contributed by atoms with van der Waals surface area (Å²) < 4.78 is 42.9. The van der Waals surface area contributed by atoms with Crippen LogP contribution >= 0.6 is 0 Å². The minimum atomic E-state index is -1.32. The van der Waals surface area contributed by atoms with E-state index in [0.29, 0.717) is 29.1 Å². The lowest BCUT2D eigenvalue weighted by Crippen LogP contribution is -2.20. The Balaban J connectivity index is 1.34. The normalized spacial score (nSPS) is 11.5. The fourth-order valence-corrected chi connectivity index (χ4v) is 4.12. The molecule has 0 bridgehead atoms. The molecule has 0 saturated carbocycles. The number of hydrogen-bond acceptors (Lipinski definition) is 5. The lowest BCUT2D eigenvalue weighted by atomic mass is 10.0. The maximum Gasteiger partial charge on any atom is 0.275 e. The molecule has 9 nitrogen and oxygen atoms in total. The molecule has 0 atom stereocenters. The number of fused-ring (bicyclic) bond motifs is 2. The number of benzene rings is 1. The van der Waals surface area contributed by atoms with E-state index in [1.54, 1.807) is 12.4 Å². The Bertz CT molecular complexity index is 1830. The van der Waals surface area contributed by atoms with Gasteiger partial charge >= 0.3 is 0 Å². The van der Waals surface area contributed by atoms with Crippen molar-refractivity contribution in [2.75, 3.05) is 0 Å². The highest BCUT2D eigenvalue weighted by Crippen LogP contribution is 2.24. The topological polar surface area (TPSA) is 125 Å². The smallest absolute Gasteiger partial charge is 0.275 e. The Hall–Kier alpha value is -5.00. The second-order valence-corrected chi connectivity index (χ2v) is 8.06. The Morgan fingerprint density at radius 1 is 1.08 bits per heavy atom. The largest absolute Gasteiger partial charge is 0.356 e. The molecule has 6 rings (SSSR count). The van der Waals surface area contributed by atoms with Crippen LogP contribution in [0.25, 0.3) is 33.3 Å². The van der Waals surface area contributed by atoms with Crippen molar-refractivity contribution < 1.29 is 18.0 Å². The molecule has 12 heteroatoms. The fourth-order valence-electron chi connectivity index (χ4n) is 4.12. The number of aromatic nitrogens is 7. The molecule has 0 amide bonds. The highest BCUT2D eigenvalue weighted by molar-refractivity contribution is 6.16. The van der Waals surface area contributed by atoms with Gasteiger partial charge in [0.25, 0.3) is 5.56 Å². The molecule has 178 valence electrons.